The van der Waals surface area contributed by atoms with Crippen molar-refractivity contribution in [1.29, 1.82) is 0 Å². The van der Waals surface area contributed by atoms with Crippen LogP contribution in [0.1, 0.15) is 18.4 Å². The van der Waals surface area contributed by atoms with E-state index in [2.05, 4.69) is 0 Å². The maximum atomic E-state index is 9.78. The van der Waals surface area contributed by atoms with Crippen molar-refractivity contribution in [2.45, 2.75) is 25.4 Å². The fourth-order valence-corrected chi connectivity index (χ4v) is 1.73. The van der Waals surface area contributed by atoms with Gasteiger partial charge in [-0.1, -0.05) is 0 Å². The highest BCUT2D eigenvalue weighted by Crippen LogP contribution is 2.19. The monoisotopic (exact) mass is 225 g/mol. The summed E-state index contributed by atoms with van der Waals surface area (Å²) < 4.78 is 1.81. The Hall–Kier alpha value is -1.33. The summed E-state index contributed by atoms with van der Waals surface area (Å²) >= 11 is 0. The first-order valence-corrected chi connectivity index (χ1v) is 5.45. The number of nitrogens with two attached hydrogens (primary N) is 3. The van der Waals surface area contributed by atoms with Gasteiger partial charge in [-0.05, 0) is 19.4 Å². The molecule has 7 N–H and O–H groups in total. The van der Waals surface area contributed by atoms with E-state index >= 15 is 0 Å². The molecule has 0 spiro atoms. The number of aliphatic hydroxyl groups excluding tert-OH is 1. The number of hydrogen-bond acceptors (Lipinski definition) is 4. The summed E-state index contributed by atoms with van der Waals surface area (Å²) in [5, 5.41) is 9.78. The van der Waals surface area contributed by atoms with Crippen LogP contribution in [0.25, 0.3) is 0 Å². The number of aromatic nitrogens is 1. The Morgan fingerprint density at radius 3 is 2.38 bits per heavy atom. The largest absolute Gasteiger partial charge is 0.394 e. The minimum absolute atomic E-state index is 0.430. The number of anilines is 2. The normalized spacial score (nSPS) is 12.7. The number of rotatable bonds is 5. The molecule has 1 rings (SSSR count). The van der Waals surface area contributed by atoms with Crippen molar-refractivity contribution >= 4 is 11.4 Å². The quantitative estimate of drug-likeness (QED) is 0.498. The molecule has 1 aromatic heterocycles. The highest BCUT2D eigenvalue weighted by molar-refractivity contribution is 5.57. The molecular weight excluding hydrogens is 204 g/mol. The second kappa shape index (κ2) is 5.67. The molecule has 0 amide bonds. The molecule has 0 aliphatic rings. The van der Waals surface area contributed by atoms with E-state index in [1.54, 1.807) is 17.0 Å². The molecule has 0 saturated carbocycles. The molecule has 5 heteroatoms. The summed E-state index contributed by atoms with van der Waals surface area (Å²) in [5.74, 6) is 0. The average Bonchev–Trinajstić information content (AvgIpc) is 2.20. The lowest BCUT2D eigenvalue weighted by Crippen LogP contribution is -2.29. The van der Waals surface area contributed by atoms with Gasteiger partial charge in [-0.3, -0.25) is 0 Å². The molecule has 1 aromatic rings. The molecule has 5 nitrogen and oxygen atoms in total. The van der Waals surface area contributed by atoms with Crippen LogP contribution in [0.2, 0.25) is 0 Å². The summed E-state index contributed by atoms with van der Waals surface area (Å²) in [5.41, 5.74) is 19.2. The fraction of sp³-hybridized carbons (Fsp3) is 0.545. The molecule has 0 bridgehead atoms. The Bertz CT molecular complexity index is 331. The van der Waals surface area contributed by atoms with Gasteiger partial charge >= 0.3 is 0 Å². The SMILES string of the molecule is C[n+]1cc(N)c(CC(O)CCCN)c(N)c1. The van der Waals surface area contributed by atoms with Crippen molar-refractivity contribution in [3.63, 3.8) is 0 Å². The number of nitrogen functional groups attached to an aromatic ring is 2. The van der Waals surface area contributed by atoms with E-state index in [0.717, 1.165) is 12.0 Å². The van der Waals surface area contributed by atoms with Gasteiger partial charge in [0.05, 0.1) is 6.10 Å². The van der Waals surface area contributed by atoms with Gasteiger partial charge in [0, 0.05) is 12.0 Å². The van der Waals surface area contributed by atoms with Crippen LogP contribution < -0.4 is 21.8 Å². The van der Waals surface area contributed by atoms with Crippen LogP contribution in [-0.4, -0.2) is 17.8 Å². The molecule has 1 unspecified atom stereocenters. The fourth-order valence-electron chi connectivity index (χ4n) is 1.73. The summed E-state index contributed by atoms with van der Waals surface area (Å²) in [6, 6.07) is 0. The molecule has 0 radical (unpaired) electrons. The van der Waals surface area contributed by atoms with Crippen molar-refractivity contribution in [2.75, 3.05) is 18.0 Å². The number of hydrogen-bond donors (Lipinski definition) is 4. The summed E-state index contributed by atoms with van der Waals surface area (Å²) in [6.45, 7) is 0.589. The Labute approximate surface area is 95.9 Å². The predicted octanol–water partition coefficient (Wildman–Crippen LogP) is -0.682. The Morgan fingerprint density at radius 1 is 1.31 bits per heavy atom. The molecule has 16 heavy (non-hydrogen) atoms. The van der Waals surface area contributed by atoms with Gasteiger partial charge in [-0.2, -0.15) is 0 Å². The van der Waals surface area contributed by atoms with E-state index in [9.17, 15) is 5.11 Å². The Balaban J connectivity index is 2.73. The predicted molar refractivity (Wildman–Crippen MR) is 64.4 cm³/mol. The summed E-state index contributed by atoms with van der Waals surface area (Å²) in [7, 11) is 1.86. The zero-order valence-corrected chi connectivity index (χ0v) is 9.69. The topological polar surface area (TPSA) is 102 Å². The standard InChI is InChI=1S/C11H21N4O/c1-15-6-10(13)9(11(14)7-15)5-8(16)3-2-4-12/h6-8,16H,2-5,12-14H2,1H3/q+1. The van der Waals surface area contributed by atoms with E-state index in [-0.39, 0.29) is 0 Å². The zero-order valence-electron chi connectivity index (χ0n) is 9.69. The third kappa shape index (κ3) is 3.36. The van der Waals surface area contributed by atoms with Crippen LogP contribution >= 0.6 is 0 Å². The van der Waals surface area contributed by atoms with Crippen LogP contribution in [-0.2, 0) is 13.5 Å². The molecule has 0 aromatic carbocycles. The molecule has 90 valence electrons. The summed E-state index contributed by atoms with van der Waals surface area (Å²) in [6.07, 6.45) is 5.12. The third-order valence-electron chi connectivity index (χ3n) is 2.56. The van der Waals surface area contributed by atoms with Gasteiger partial charge in [-0.15, -0.1) is 0 Å². The van der Waals surface area contributed by atoms with Crippen molar-refractivity contribution < 1.29 is 9.67 Å². The molecule has 0 fully saturated rings. The van der Waals surface area contributed by atoms with Gasteiger partial charge in [0.25, 0.3) is 0 Å². The van der Waals surface area contributed by atoms with E-state index < -0.39 is 6.10 Å². The number of pyridine rings is 1. The summed E-state index contributed by atoms with van der Waals surface area (Å²) in [4.78, 5) is 0. The van der Waals surface area contributed by atoms with Gasteiger partial charge in [0.15, 0.2) is 12.4 Å². The van der Waals surface area contributed by atoms with E-state index in [1.165, 1.54) is 0 Å². The first-order chi connectivity index (χ1) is 7.54. The van der Waals surface area contributed by atoms with Gasteiger partial charge in [-0.25, -0.2) is 4.57 Å². The zero-order chi connectivity index (χ0) is 12.1. The van der Waals surface area contributed by atoms with Crippen LogP contribution in [0.15, 0.2) is 12.4 Å². The van der Waals surface area contributed by atoms with Crippen LogP contribution in [0.5, 0.6) is 0 Å². The minimum Gasteiger partial charge on any atom is -0.394 e. The van der Waals surface area contributed by atoms with Crippen LogP contribution in [0.4, 0.5) is 11.4 Å². The van der Waals surface area contributed by atoms with Crippen molar-refractivity contribution in [3.8, 4) is 0 Å². The van der Waals surface area contributed by atoms with Gasteiger partial charge in [0.1, 0.15) is 18.4 Å². The van der Waals surface area contributed by atoms with E-state index in [1.807, 2.05) is 7.05 Å². The molecule has 1 heterocycles. The number of nitrogens with zero attached hydrogens (tertiary/aromatic N) is 1. The highest BCUT2D eigenvalue weighted by atomic mass is 16.3. The highest BCUT2D eigenvalue weighted by Gasteiger charge is 2.14. The number of aliphatic hydroxyl groups is 1. The average molecular weight is 225 g/mol. The molecular formula is C11H21N4O+. The second-order valence-corrected chi connectivity index (χ2v) is 4.10. The van der Waals surface area contributed by atoms with Crippen LogP contribution in [0.3, 0.4) is 0 Å². The van der Waals surface area contributed by atoms with Crippen LogP contribution in [0, 0.1) is 0 Å². The molecule has 0 aliphatic carbocycles. The maximum Gasteiger partial charge on any atom is 0.192 e. The van der Waals surface area contributed by atoms with E-state index in [0.29, 0.717) is 30.8 Å². The lowest BCUT2D eigenvalue weighted by molar-refractivity contribution is -0.670. The number of aryl methyl sites for hydroxylation is 1. The van der Waals surface area contributed by atoms with Crippen molar-refractivity contribution in [2.24, 2.45) is 12.8 Å². The minimum atomic E-state index is -0.430. The molecule has 0 saturated heterocycles. The lowest BCUT2D eigenvalue weighted by Gasteiger charge is -2.12. The Morgan fingerprint density at radius 2 is 1.88 bits per heavy atom. The Kier molecular flexibility index (Phi) is 4.52. The second-order valence-electron chi connectivity index (χ2n) is 4.10. The smallest absolute Gasteiger partial charge is 0.192 e. The molecule has 1 atom stereocenters. The van der Waals surface area contributed by atoms with Crippen molar-refractivity contribution in [1.82, 2.24) is 0 Å². The van der Waals surface area contributed by atoms with Crippen molar-refractivity contribution in [3.05, 3.63) is 18.0 Å². The molecule has 0 aliphatic heterocycles. The first-order valence-electron chi connectivity index (χ1n) is 5.45. The lowest BCUT2D eigenvalue weighted by atomic mass is 10.0. The van der Waals surface area contributed by atoms with Gasteiger partial charge < -0.3 is 22.3 Å². The maximum absolute atomic E-state index is 9.78. The van der Waals surface area contributed by atoms with Gasteiger partial charge in [0.2, 0.25) is 0 Å². The first kappa shape index (κ1) is 12.7. The third-order valence-corrected chi connectivity index (χ3v) is 2.56. The van der Waals surface area contributed by atoms with E-state index in [4.69, 9.17) is 17.2 Å².